The highest BCUT2D eigenvalue weighted by Crippen LogP contribution is 2.24. The van der Waals surface area contributed by atoms with Gasteiger partial charge in [-0.15, -0.1) is 12.4 Å². The van der Waals surface area contributed by atoms with E-state index in [4.69, 9.17) is 9.39 Å². The lowest BCUT2D eigenvalue weighted by atomic mass is 9.79. The lowest BCUT2D eigenvalue weighted by molar-refractivity contribution is 0.275. The average Bonchev–Trinajstić information content (AvgIpc) is 2.80. The third-order valence-corrected chi connectivity index (χ3v) is 3.41. The number of hydrogen-bond donors (Lipinski definition) is 1. The average molecular weight is 320 g/mol. The van der Waals surface area contributed by atoms with Crippen molar-refractivity contribution in [3.63, 3.8) is 0 Å². The first-order chi connectivity index (χ1) is 10.1. The molecule has 2 aromatic carbocycles. The summed E-state index contributed by atoms with van der Waals surface area (Å²) < 4.78 is 11.1. The van der Waals surface area contributed by atoms with Crippen molar-refractivity contribution in [2.45, 2.75) is 13.2 Å². The maximum absolute atomic E-state index is 9.73. The second-order valence-corrected chi connectivity index (χ2v) is 5.51. The second-order valence-electron chi connectivity index (χ2n) is 5.51. The van der Waals surface area contributed by atoms with E-state index in [0.717, 1.165) is 23.3 Å². The number of benzene rings is 2. The van der Waals surface area contributed by atoms with Crippen LogP contribution >= 0.6 is 12.4 Å². The van der Waals surface area contributed by atoms with Crippen LogP contribution in [0, 0.1) is 0 Å². The molecule has 116 valence electrons. The molecule has 0 spiro atoms. The summed E-state index contributed by atoms with van der Waals surface area (Å²) in [6.07, 6.45) is 0. The van der Waals surface area contributed by atoms with Crippen molar-refractivity contribution >= 4 is 25.0 Å². The molecular weight excluding hydrogens is 300 g/mol. The predicted molar refractivity (Wildman–Crippen MR) is 90.0 cm³/mol. The molecule has 0 amide bonds. The fraction of sp³-hybridized carbons (Fsp3) is 0.250. The fourth-order valence-electron chi connectivity index (χ4n) is 2.46. The van der Waals surface area contributed by atoms with Gasteiger partial charge in [0.1, 0.15) is 11.5 Å². The quantitative estimate of drug-likeness (QED) is 0.877. The summed E-state index contributed by atoms with van der Waals surface area (Å²) in [4.78, 5) is 2.11. The van der Waals surface area contributed by atoms with E-state index in [1.807, 2.05) is 50.5 Å². The van der Waals surface area contributed by atoms with Crippen LogP contribution in [0.2, 0.25) is 0 Å². The van der Waals surface area contributed by atoms with Crippen molar-refractivity contribution in [3.05, 3.63) is 53.6 Å². The Labute approximate surface area is 137 Å². The molecule has 0 fully saturated rings. The standard InChI is InChI=1S/C16H18BNO3.ClH/c1-18(2)10-12-4-3-5-14(8-12)21-15-7-6-13-11-20-17(19)16(13)9-15;/h3-9,19H,10-11H2,1-2H3;1H. The van der Waals surface area contributed by atoms with Crippen LogP contribution in [0.3, 0.4) is 0 Å². The molecule has 1 heterocycles. The van der Waals surface area contributed by atoms with Gasteiger partial charge in [0.05, 0.1) is 6.61 Å². The van der Waals surface area contributed by atoms with Gasteiger partial charge < -0.3 is 19.3 Å². The molecule has 0 radical (unpaired) electrons. The molecule has 22 heavy (non-hydrogen) atoms. The molecule has 0 aliphatic carbocycles. The maximum atomic E-state index is 9.73. The maximum Gasteiger partial charge on any atom is 0.491 e. The number of hydrogen-bond acceptors (Lipinski definition) is 4. The van der Waals surface area contributed by atoms with Gasteiger partial charge in [-0.05, 0) is 55.0 Å². The first kappa shape index (κ1) is 16.8. The summed E-state index contributed by atoms with van der Waals surface area (Å²) in [5.74, 6) is 1.50. The van der Waals surface area contributed by atoms with E-state index in [2.05, 4.69) is 11.0 Å². The smallest absolute Gasteiger partial charge is 0.457 e. The summed E-state index contributed by atoms with van der Waals surface area (Å²) in [7, 11) is 3.23. The van der Waals surface area contributed by atoms with Crippen LogP contribution in [0.25, 0.3) is 0 Å². The van der Waals surface area contributed by atoms with Crippen LogP contribution in [0.5, 0.6) is 11.5 Å². The third kappa shape index (κ3) is 3.81. The highest BCUT2D eigenvalue weighted by molar-refractivity contribution is 6.61. The van der Waals surface area contributed by atoms with Crippen molar-refractivity contribution in [1.82, 2.24) is 4.90 Å². The van der Waals surface area contributed by atoms with Gasteiger partial charge in [-0.2, -0.15) is 0 Å². The van der Waals surface area contributed by atoms with E-state index >= 15 is 0 Å². The minimum Gasteiger partial charge on any atom is -0.457 e. The molecule has 4 nitrogen and oxygen atoms in total. The monoisotopic (exact) mass is 319 g/mol. The summed E-state index contributed by atoms with van der Waals surface area (Å²) in [5, 5.41) is 9.73. The highest BCUT2D eigenvalue weighted by atomic mass is 35.5. The first-order valence-electron chi connectivity index (χ1n) is 6.96. The molecular formula is C16H19BClNO3. The van der Waals surface area contributed by atoms with Crippen molar-refractivity contribution in [3.8, 4) is 11.5 Å². The molecule has 6 heteroatoms. The van der Waals surface area contributed by atoms with E-state index < -0.39 is 7.12 Å². The van der Waals surface area contributed by atoms with Crippen LogP contribution in [-0.4, -0.2) is 31.1 Å². The summed E-state index contributed by atoms with van der Waals surface area (Å²) in [5.41, 5.74) is 3.00. The SMILES string of the molecule is CN(C)Cc1cccc(Oc2ccc3c(c2)B(O)OC3)c1.Cl. The predicted octanol–water partition coefficient (Wildman–Crippen LogP) is 2.18. The second kappa shape index (κ2) is 7.16. The number of nitrogens with zero attached hydrogens (tertiary/aromatic N) is 1. The van der Waals surface area contributed by atoms with Gasteiger partial charge in [0.2, 0.25) is 0 Å². The van der Waals surface area contributed by atoms with Crippen LogP contribution in [0.1, 0.15) is 11.1 Å². The van der Waals surface area contributed by atoms with E-state index in [9.17, 15) is 5.02 Å². The number of rotatable bonds is 4. The topological polar surface area (TPSA) is 41.9 Å². The van der Waals surface area contributed by atoms with Crippen molar-refractivity contribution in [2.24, 2.45) is 0 Å². The van der Waals surface area contributed by atoms with Crippen molar-refractivity contribution < 1.29 is 14.4 Å². The van der Waals surface area contributed by atoms with Gasteiger partial charge in [0.25, 0.3) is 0 Å². The molecule has 0 aromatic heterocycles. The van der Waals surface area contributed by atoms with E-state index in [-0.39, 0.29) is 12.4 Å². The van der Waals surface area contributed by atoms with E-state index in [1.165, 1.54) is 5.56 Å². The zero-order valence-corrected chi connectivity index (χ0v) is 13.5. The molecule has 0 saturated carbocycles. The lowest BCUT2D eigenvalue weighted by Gasteiger charge is -2.12. The third-order valence-electron chi connectivity index (χ3n) is 3.41. The Morgan fingerprint density at radius 3 is 2.73 bits per heavy atom. The molecule has 1 aliphatic heterocycles. The normalized spacial score (nSPS) is 13.0. The molecule has 0 unspecified atom stereocenters. The molecule has 2 aromatic rings. The highest BCUT2D eigenvalue weighted by Gasteiger charge is 2.27. The minimum atomic E-state index is -0.844. The Bertz CT molecular complexity index is 651. The zero-order chi connectivity index (χ0) is 14.8. The molecule has 1 aliphatic rings. The largest absolute Gasteiger partial charge is 0.491 e. The molecule has 3 rings (SSSR count). The van der Waals surface area contributed by atoms with Gasteiger partial charge in [-0.25, -0.2) is 0 Å². The van der Waals surface area contributed by atoms with Crippen molar-refractivity contribution in [2.75, 3.05) is 14.1 Å². The van der Waals surface area contributed by atoms with Crippen LogP contribution in [-0.2, 0) is 17.8 Å². The van der Waals surface area contributed by atoms with Crippen molar-refractivity contribution in [1.29, 1.82) is 0 Å². The summed E-state index contributed by atoms with van der Waals surface area (Å²) >= 11 is 0. The van der Waals surface area contributed by atoms with Gasteiger partial charge in [-0.3, -0.25) is 0 Å². The minimum absolute atomic E-state index is 0. The first-order valence-corrected chi connectivity index (χ1v) is 6.96. The molecule has 0 bridgehead atoms. The van der Waals surface area contributed by atoms with Gasteiger partial charge in [0, 0.05) is 6.54 Å². The number of fused-ring (bicyclic) bond motifs is 1. The lowest BCUT2D eigenvalue weighted by Crippen LogP contribution is -2.27. The Kier molecular flexibility index (Phi) is 5.48. The summed E-state index contributed by atoms with van der Waals surface area (Å²) in [6, 6.07) is 13.7. The van der Waals surface area contributed by atoms with Crippen LogP contribution in [0.4, 0.5) is 0 Å². The van der Waals surface area contributed by atoms with Gasteiger partial charge >= 0.3 is 7.12 Å². The Morgan fingerprint density at radius 2 is 1.95 bits per heavy atom. The Balaban J connectivity index is 0.00000176. The number of halogens is 1. The fourth-order valence-corrected chi connectivity index (χ4v) is 2.46. The summed E-state index contributed by atoms with van der Waals surface area (Å²) in [6.45, 7) is 1.32. The molecule has 0 saturated heterocycles. The molecule has 0 atom stereocenters. The molecule has 1 N–H and O–H groups in total. The van der Waals surface area contributed by atoms with Gasteiger partial charge in [-0.1, -0.05) is 18.2 Å². The Morgan fingerprint density at radius 1 is 1.18 bits per heavy atom. The van der Waals surface area contributed by atoms with E-state index in [0.29, 0.717) is 12.4 Å². The Hall–Kier alpha value is -1.53. The van der Waals surface area contributed by atoms with Gasteiger partial charge in [0.15, 0.2) is 0 Å². The van der Waals surface area contributed by atoms with Crippen LogP contribution < -0.4 is 10.2 Å². The zero-order valence-electron chi connectivity index (χ0n) is 12.7. The van der Waals surface area contributed by atoms with Crippen LogP contribution in [0.15, 0.2) is 42.5 Å². The number of ether oxygens (including phenoxy) is 1. The van der Waals surface area contributed by atoms with E-state index in [1.54, 1.807) is 0 Å².